The number of thioether (sulfide) groups is 1. The van der Waals surface area contributed by atoms with E-state index in [4.69, 9.17) is 0 Å². The van der Waals surface area contributed by atoms with E-state index in [1.54, 1.807) is 0 Å². The summed E-state index contributed by atoms with van der Waals surface area (Å²) in [6.45, 7) is 5.45. The van der Waals surface area contributed by atoms with E-state index in [1.165, 1.54) is 36.1 Å². The molecule has 1 aliphatic carbocycles. The summed E-state index contributed by atoms with van der Waals surface area (Å²) in [5.74, 6) is 0. The Hall–Kier alpha value is -0.470. The Morgan fingerprint density at radius 1 is 1.18 bits per heavy atom. The molecule has 2 rings (SSSR count). The first kappa shape index (κ1) is 13.0. The van der Waals surface area contributed by atoms with Crippen LogP contribution in [0.4, 0.5) is 0 Å². The second-order valence-corrected chi connectivity index (χ2v) is 6.23. The molecular weight excluding hydrogens is 226 g/mol. The third kappa shape index (κ3) is 3.75. The van der Waals surface area contributed by atoms with E-state index in [0.29, 0.717) is 6.04 Å². The number of hydrogen-bond donors (Lipinski definition) is 1. The van der Waals surface area contributed by atoms with E-state index >= 15 is 0 Å². The lowest BCUT2D eigenvalue weighted by Gasteiger charge is -2.31. The molecule has 1 N–H and O–H groups in total. The number of hydrogen-bond acceptors (Lipinski definition) is 2. The van der Waals surface area contributed by atoms with Crippen molar-refractivity contribution in [2.24, 2.45) is 0 Å². The molecule has 1 aliphatic rings. The first-order valence-corrected chi connectivity index (χ1v) is 7.64. The van der Waals surface area contributed by atoms with E-state index in [0.717, 1.165) is 11.8 Å². The van der Waals surface area contributed by atoms with E-state index in [-0.39, 0.29) is 0 Å². The van der Waals surface area contributed by atoms with Crippen LogP contribution in [-0.4, -0.2) is 17.8 Å². The molecule has 17 heavy (non-hydrogen) atoms. The molecule has 0 amide bonds. The predicted octanol–water partition coefficient (Wildman–Crippen LogP) is 4.01. The molecule has 0 saturated heterocycles. The summed E-state index contributed by atoms with van der Waals surface area (Å²) in [7, 11) is 0. The van der Waals surface area contributed by atoms with Crippen molar-refractivity contribution in [1.82, 2.24) is 5.32 Å². The molecule has 1 aromatic carbocycles. The molecule has 0 bridgehead atoms. The fraction of sp³-hybridized carbons (Fsp3) is 0.600. The molecule has 0 aliphatic heterocycles. The molecule has 2 heteroatoms. The Labute approximate surface area is 109 Å². The quantitative estimate of drug-likeness (QED) is 0.865. The number of rotatable bonds is 4. The molecule has 2 unspecified atom stereocenters. The fourth-order valence-corrected chi connectivity index (χ4v) is 3.85. The minimum atomic E-state index is 0.708. The van der Waals surface area contributed by atoms with Gasteiger partial charge in [-0.1, -0.05) is 37.5 Å². The van der Waals surface area contributed by atoms with Crippen LogP contribution in [-0.2, 0) is 0 Å². The highest BCUT2D eigenvalue weighted by Crippen LogP contribution is 2.33. The van der Waals surface area contributed by atoms with Crippen LogP contribution >= 0.6 is 11.8 Å². The van der Waals surface area contributed by atoms with Crippen LogP contribution in [0.1, 0.15) is 38.2 Å². The van der Waals surface area contributed by atoms with Crippen molar-refractivity contribution in [3.63, 3.8) is 0 Å². The third-order valence-electron chi connectivity index (χ3n) is 3.48. The van der Waals surface area contributed by atoms with Gasteiger partial charge >= 0.3 is 0 Å². The summed E-state index contributed by atoms with van der Waals surface area (Å²) in [5, 5.41) is 4.40. The molecule has 1 nitrogen and oxygen atoms in total. The summed E-state index contributed by atoms with van der Waals surface area (Å²) in [4.78, 5) is 1.42. The minimum absolute atomic E-state index is 0.708. The topological polar surface area (TPSA) is 12.0 Å². The standard InChI is InChI=1S/C15H23NS/c1-3-16-14-6-4-5-7-15(14)17-13-10-8-12(2)9-11-13/h8-11,14-16H,3-7H2,1-2H3. The van der Waals surface area contributed by atoms with Crippen molar-refractivity contribution in [2.45, 2.75) is 55.7 Å². The van der Waals surface area contributed by atoms with Gasteiger partial charge in [-0.25, -0.2) is 0 Å². The average molecular weight is 249 g/mol. The van der Waals surface area contributed by atoms with Crippen LogP contribution in [0.25, 0.3) is 0 Å². The monoisotopic (exact) mass is 249 g/mol. The maximum Gasteiger partial charge on any atom is 0.0248 e. The summed E-state index contributed by atoms with van der Waals surface area (Å²) < 4.78 is 0. The van der Waals surface area contributed by atoms with Crippen LogP contribution in [0.3, 0.4) is 0 Å². The molecule has 1 saturated carbocycles. The van der Waals surface area contributed by atoms with E-state index in [9.17, 15) is 0 Å². The van der Waals surface area contributed by atoms with Crippen molar-refractivity contribution in [3.05, 3.63) is 29.8 Å². The second-order valence-electron chi connectivity index (χ2n) is 4.92. The molecule has 0 aromatic heterocycles. The van der Waals surface area contributed by atoms with Gasteiger partial charge in [0.05, 0.1) is 0 Å². The van der Waals surface area contributed by atoms with Gasteiger partial charge in [-0.05, 0) is 38.4 Å². The lowest BCUT2D eigenvalue weighted by atomic mass is 9.95. The number of nitrogens with one attached hydrogen (secondary N) is 1. The van der Waals surface area contributed by atoms with Gasteiger partial charge in [-0.15, -0.1) is 11.8 Å². The minimum Gasteiger partial charge on any atom is -0.313 e. The maximum atomic E-state index is 3.65. The Balaban J connectivity index is 1.97. The Bertz CT molecular complexity index is 331. The van der Waals surface area contributed by atoms with Crippen LogP contribution in [0.15, 0.2) is 29.2 Å². The molecule has 0 radical (unpaired) electrons. The molecule has 0 spiro atoms. The number of aryl methyl sites for hydroxylation is 1. The van der Waals surface area contributed by atoms with Crippen molar-refractivity contribution in [2.75, 3.05) is 6.54 Å². The van der Waals surface area contributed by atoms with Gasteiger partial charge in [0.25, 0.3) is 0 Å². The van der Waals surface area contributed by atoms with Crippen molar-refractivity contribution < 1.29 is 0 Å². The van der Waals surface area contributed by atoms with E-state index < -0.39 is 0 Å². The van der Waals surface area contributed by atoms with Gasteiger partial charge in [0.15, 0.2) is 0 Å². The van der Waals surface area contributed by atoms with Crippen LogP contribution in [0.5, 0.6) is 0 Å². The number of benzene rings is 1. The van der Waals surface area contributed by atoms with Crippen molar-refractivity contribution >= 4 is 11.8 Å². The average Bonchev–Trinajstić information content (AvgIpc) is 2.35. The second kappa shape index (κ2) is 6.46. The van der Waals surface area contributed by atoms with Gasteiger partial charge in [0.1, 0.15) is 0 Å². The van der Waals surface area contributed by atoms with E-state index in [2.05, 4.69) is 55.2 Å². The predicted molar refractivity (Wildman–Crippen MR) is 76.8 cm³/mol. The first-order valence-electron chi connectivity index (χ1n) is 6.76. The van der Waals surface area contributed by atoms with Crippen molar-refractivity contribution in [3.8, 4) is 0 Å². The zero-order chi connectivity index (χ0) is 12.1. The third-order valence-corrected chi connectivity index (χ3v) is 4.89. The smallest absolute Gasteiger partial charge is 0.0248 e. The highest BCUT2D eigenvalue weighted by Gasteiger charge is 2.24. The molecule has 1 aromatic rings. The fourth-order valence-electron chi connectivity index (χ4n) is 2.53. The maximum absolute atomic E-state index is 3.65. The normalized spacial score (nSPS) is 24.8. The van der Waals surface area contributed by atoms with Crippen LogP contribution in [0.2, 0.25) is 0 Å². The van der Waals surface area contributed by atoms with Crippen LogP contribution < -0.4 is 5.32 Å². The van der Waals surface area contributed by atoms with Crippen LogP contribution in [0, 0.1) is 6.92 Å². The largest absolute Gasteiger partial charge is 0.313 e. The first-order chi connectivity index (χ1) is 8.29. The highest BCUT2D eigenvalue weighted by atomic mass is 32.2. The molecule has 1 fully saturated rings. The molecular formula is C15H23NS. The molecule has 0 heterocycles. The van der Waals surface area contributed by atoms with Gasteiger partial charge in [0, 0.05) is 16.2 Å². The van der Waals surface area contributed by atoms with Crippen molar-refractivity contribution in [1.29, 1.82) is 0 Å². The summed E-state index contributed by atoms with van der Waals surface area (Å²) in [5.41, 5.74) is 1.35. The lowest BCUT2D eigenvalue weighted by Crippen LogP contribution is -2.40. The Morgan fingerprint density at radius 3 is 2.59 bits per heavy atom. The SMILES string of the molecule is CCNC1CCCCC1Sc1ccc(C)cc1. The lowest BCUT2D eigenvalue weighted by molar-refractivity contribution is 0.391. The summed E-state index contributed by atoms with van der Waals surface area (Å²) in [6, 6.07) is 9.66. The molecule has 94 valence electrons. The van der Waals surface area contributed by atoms with E-state index in [1.807, 2.05) is 0 Å². The molecule has 2 atom stereocenters. The summed E-state index contributed by atoms with van der Waals surface area (Å²) >= 11 is 2.06. The van der Waals surface area contributed by atoms with Gasteiger partial charge in [-0.3, -0.25) is 0 Å². The zero-order valence-corrected chi connectivity index (χ0v) is 11.7. The zero-order valence-electron chi connectivity index (χ0n) is 10.9. The Morgan fingerprint density at radius 2 is 1.88 bits per heavy atom. The summed E-state index contributed by atoms with van der Waals surface area (Å²) in [6.07, 6.45) is 5.49. The van der Waals surface area contributed by atoms with Gasteiger partial charge in [0.2, 0.25) is 0 Å². The Kier molecular flexibility index (Phi) is 4.93. The van der Waals surface area contributed by atoms with Gasteiger partial charge < -0.3 is 5.32 Å². The highest BCUT2D eigenvalue weighted by molar-refractivity contribution is 8.00. The van der Waals surface area contributed by atoms with Gasteiger partial charge in [-0.2, -0.15) is 0 Å².